The fourth-order valence-corrected chi connectivity index (χ4v) is 9.31. The van der Waals surface area contributed by atoms with Gasteiger partial charge in [0.05, 0.1) is 17.4 Å². The van der Waals surface area contributed by atoms with Gasteiger partial charge in [0.15, 0.2) is 0 Å². The minimum Gasteiger partial charge on any atom is -0.390 e. The van der Waals surface area contributed by atoms with Gasteiger partial charge in [-0.15, -0.1) is 0 Å². The van der Waals surface area contributed by atoms with E-state index in [1.807, 2.05) is 20.8 Å². The van der Waals surface area contributed by atoms with Gasteiger partial charge in [0, 0.05) is 50.9 Å². The molecule has 0 aromatic heterocycles. The molecule has 3 saturated carbocycles. The Morgan fingerprint density at radius 1 is 0.840 bits per heavy atom. The van der Waals surface area contributed by atoms with Crippen molar-refractivity contribution in [1.29, 1.82) is 0 Å². The number of hydrogen-bond acceptors (Lipinski definition) is 7. The van der Waals surface area contributed by atoms with E-state index in [2.05, 4.69) is 10.7 Å². The van der Waals surface area contributed by atoms with Gasteiger partial charge in [-0.05, 0) is 82.5 Å². The fraction of sp³-hybridized carbons (Fsp3) is 0.917. The van der Waals surface area contributed by atoms with Crippen LogP contribution in [-0.4, -0.2) is 97.1 Å². The lowest BCUT2D eigenvalue weighted by atomic mass is 9.79. The average molecular weight is 734 g/mol. The summed E-state index contributed by atoms with van der Waals surface area (Å²) in [5, 5.41) is 20.8. The number of unbranched alkanes of at least 4 members (excludes halogenated alkanes) is 1. The first-order valence-electron chi connectivity index (χ1n) is 19.3. The molecule has 5 N–H and O–H groups in total. The quantitative estimate of drug-likeness (QED) is 0.142. The van der Waals surface area contributed by atoms with Crippen LogP contribution >= 0.6 is 0 Å². The van der Waals surface area contributed by atoms with Gasteiger partial charge in [-0.25, -0.2) is 27.3 Å². The monoisotopic (exact) mass is 733 g/mol. The normalized spacial score (nSPS) is 27.8. The van der Waals surface area contributed by atoms with E-state index in [1.165, 1.54) is 6.42 Å². The molecule has 0 saturated heterocycles. The standard InChI is InChI=1S/C36H65F2N5O6S/c1-4-7-15-43(41-34(45)19-25-11-9-8-10-12-25)24-33(44)32(18-26-16-29(37)23-30(38)17-26)40-35(46)27-20-28(22-31(21-27)50(39,48)49)36(47)42(13-5-2)14-6-3/h25-33,44H,4-24H2,1-3H3,(H,40,46)(H,41,45)(H2,39,48,49). The minimum absolute atomic E-state index is 0.0131. The highest BCUT2D eigenvalue weighted by molar-refractivity contribution is 7.89. The van der Waals surface area contributed by atoms with Crippen LogP contribution < -0.4 is 15.9 Å². The van der Waals surface area contributed by atoms with Crippen molar-refractivity contribution in [1.82, 2.24) is 20.7 Å². The summed E-state index contributed by atoms with van der Waals surface area (Å²) >= 11 is 0. The first-order chi connectivity index (χ1) is 23.7. The zero-order chi connectivity index (χ0) is 36.8. The molecule has 7 unspecified atom stereocenters. The number of primary sulfonamides is 1. The number of aliphatic hydroxyl groups is 1. The predicted octanol–water partition coefficient (Wildman–Crippen LogP) is 4.52. The SMILES string of the molecule is CCCCN(CC(O)C(CC1CC(F)CC(F)C1)NC(=O)C1CC(C(=O)N(CCC)CCC)CC(S(N)(=O)=O)C1)NC(=O)CC1CCCCC1. The van der Waals surface area contributed by atoms with E-state index in [0.717, 1.165) is 51.4 Å². The first kappa shape index (κ1) is 42.5. The minimum atomic E-state index is -4.07. The van der Waals surface area contributed by atoms with E-state index in [9.17, 15) is 36.7 Å². The number of alkyl halides is 2. The van der Waals surface area contributed by atoms with E-state index in [0.29, 0.717) is 32.0 Å². The average Bonchev–Trinajstić information content (AvgIpc) is 3.05. The molecule has 0 bridgehead atoms. The molecule has 11 nitrogen and oxygen atoms in total. The van der Waals surface area contributed by atoms with E-state index in [4.69, 9.17) is 5.14 Å². The molecule has 0 aromatic rings. The Morgan fingerprint density at radius 3 is 2.04 bits per heavy atom. The summed E-state index contributed by atoms with van der Waals surface area (Å²) in [5.74, 6) is -2.55. The number of rotatable bonds is 19. The Kier molecular flexibility index (Phi) is 17.8. The van der Waals surface area contributed by atoms with Crippen molar-refractivity contribution >= 4 is 27.7 Å². The number of nitrogens with one attached hydrogen (secondary N) is 2. The molecule has 0 radical (unpaired) electrons. The number of halogens is 2. The zero-order valence-corrected chi connectivity index (χ0v) is 31.5. The lowest BCUT2D eigenvalue weighted by molar-refractivity contribution is -0.138. The van der Waals surface area contributed by atoms with Crippen LogP contribution in [-0.2, 0) is 24.4 Å². The maximum atomic E-state index is 14.5. The number of amides is 3. The number of carbonyl (C=O) groups excluding carboxylic acids is 3. The van der Waals surface area contributed by atoms with Crippen LogP contribution in [0.3, 0.4) is 0 Å². The van der Waals surface area contributed by atoms with Gasteiger partial charge in [0.1, 0.15) is 12.3 Å². The number of sulfonamides is 1. The van der Waals surface area contributed by atoms with Crippen LogP contribution in [0.25, 0.3) is 0 Å². The molecular weight excluding hydrogens is 668 g/mol. The molecule has 50 heavy (non-hydrogen) atoms. The fourth-order valence-electron chi connectivity index (χ4n) is 8.31. The van der Waals surface area contributed by atoms with Crippen molar-refractivity contribution in [2.45, 2.75) is 160 Å². The number of carbonyl (C=O) groups is 3. The second kappa shape index (κ2) is 21.0. The first-order valence-corrected chi connectivity index (χ1v) is 21.0. The summed E-state index contributed by atoms with van der Waals surface area (Å²) in [7, 11) is -4.07. The molecule has 0 spiro atoms. The summed E-state index contributed by atoms with van der Waals surface area (Å²) in [4.78, 5) is 42.4. The summed E-state index contributed by atoms with van der Waals surface area (Å²) in [6.45, 7) is 7.44. The van der Waals surface area contributed by atoms with E-state index in [-0.39, 0.29) is 63.3 Å². The van der Waals surface area contributed by atoms with Crippen molar-refractivity contribution in [2.75, 3.05) is 26.2 Å². The highest BCUT2D eigenvalue weighted by atomic mass is 32.2. The van der Waals surface area contributed by atoms with Gasteiger partial charge >= 0.3 is 0 Å². The molecule has 290 valence electrons. The number of hydrogen-bond donors (Lipinski definition) is 4. The van der Waals surface area contributed by atoms with Crippen molar-refractivity contribution in [2.24, 2.45) is 28.8 Å². The van der Waals surface area contributed by atoms with Crippen molar-refractivity contribution in [3.63, 3.8) is 0 Å². The molecule has 0 heterocycles. The molecule has 0 aromatic carbocycles. The highest BCUT2D eigenvalue weighted by Gasteiger charge is 2.43. The number of aliphatic hydroxyl groups excluding tert-OH is 1. The van der Waals surface area contributed by atoms with Crippen LogP contribution in [0.1, 0.15) is 130 Å². The highest BCUT2D eigenvalue weighted by Crippen LogP contribution is 2.36. The van der Waals surface area contributed by atoms with Crippen molar-refractivity contribution in [3.8, 4) is 0 Å². The zero-order valence-electron chi connectivity index (χ0n) is 30.7. The molecule has 3 rings (SSSR count). The second-order valence-electron chi connectivity index (χ2n) is 15.4. The number of hydrazine groups is 1. The smallest absolute Gasteiger partial charge is 0.234 e. The van der Waals surface area contributed by atoms with Crippen LogP contribution in [0.5, 0.6) is 0 Å². The molecule has 0 aliphatic heterocycles. The van der Waals surface area contributed by atoms with E-state index < -0.39 is 63.4 Å². The van der Waals surface area contributed by atoms with Crippen LogP contribution in [0.15, 0.2) is 0 Å². The topological polar surface area (TPSA) is 162 Å². The van der Waals surface area contributed by atoms with Crippen molar-refractivity contribution in [3.05, 3.63) is 0 Å². The third kappa shape index (κ3) is 13.9. The van der Waals surface area contributed by atoms with Gasteiger partial charge in [-0.3, -0.25) is 19.8 Å². The van der Waals surface area contributed by atoms with E-state index >= 15 is 0 Å². The Labute approximate surface area is 299 Å². The largest absolute Gasteiger partial charge is 0.390 e. The third-order valence-electron chi connectivity index (χ3n) is 10.9. The molecular formula is C36H65F2N5O6S. The summed E-state index contributed by atoms with van der Waals surface area (Å²) in [5.41, 5.74) is 2.97. The second-order valence-corrected chi connectivity index (χ2v) is 17.2. The lowest BCUT2D eigenvalue weighted by Crippen LogP contribution is -2.55. The number of nitrogens with two attached hydrogens (primary N) is 1. The predicted molar refractivity (Wildman–Crippen MR) is 190 cm³/mol. The molecule has 3 fully saturated rings. The Balaban J connectivity index is 1.80. The summed E-state index contributed by atoms with van der Waals surface area (Å²) < 4.78 is 54.1. The van der Waals surface area contributed by atoms with Gasteiger partial charge in [-0.1, -0.05) is 46.5 Å². The van der Waals surface area contributed by atoms with Gasteiger partial charge in [-0.2, -0.15) is 0 Å². The maximum Gasteiger partial charge on any atom is 0.234 e. The molecule has 3 aliphatic carbocycles. The third-order valence-corrected chi connectivity index (χ3v) is 12.2. The van der Waals surface area contributed by atoms with Gasteiger partial charge in [0.2, 0.25) is 27.7 Å². The van der Waals surface area contributed by atoms with Gasteiger partial charge < -0.3 is 15.3 Å². The van der Waals surface area contributed by atoms with Gasteiger partial charge in [0.25, 0.3) is 0 Å². The van der Waals surface area contributed by atoms with Crippen molar-refractivity contribution < 1.29 is 36.7 Å². The molecule has 3 aliphatic rings. The Hall–Kier alpha value is -1.90. The summed E-state index contributed by atoms with van der Waals surface area (Å²) in [6.07, 6.45) is 5.30. The van der Waals surface area contributed by atoms with Crippen LogP contribution in [0, 0.1) is 23.7 Å². The lowest BCUT2D eigenvalue weighted by Gasteiger charge is -2.37. The molecule has 7 atom stereocenters. The summed E-state index contributed by atoms with van der Waals surface area (Å²) in [6, 6.07) is -0.926. The Bertz CT molecular complexity index is 1160. The van der Waals surface area contributed by atoms with E-state index in [1.54, 1.807) is 9.91 Å². The Morgan fingerprint density at radius 2 is 1.46 bits per heavy atom. The van der Waals surface area contributed by atoms with Crippen LogP contribution in [0.2, 0.25) is 0 Å². The van der Waals surface area contributed by atoms with Crippen LogP contribution in [0.4, 0.5) is 8.78 Å². The molecule has 3 amide bonds. The molecule has 14 heteroatoms. The number of nitrogens with zero attached hydrogens (tertiary/aromatic N) is 2. The maximum absolute atomic E-state index is 14.5.